The molecule has 1 amide bonds. The fourth-order valence-corrected chi connectivity index (χ4v) is 2.25. The van der Waals surface area contributed by atoms with Crippen LogP contribution in [0.1, 0.15) is 54.9 Å². The first kappa shape index (κ1) is 16.9. The quantitative estimate of drug-likeness (QED) is 0.696. The molecule has 1 aromatic carbocycles. The van der Waals surface area contributed by atoms with Crippen molar-refractivity contribution >= 4 is 12.1 Å². The molecule has 0 atom stereocenters. The highest BCUT2D eigenvalue weighted by atomic mass is 16.2. The van der Waals surface area contributed by atoms with Crippen LogP contribution >= 0.6 is 0 Å². The number of benzene rings is 1. The third-order valence-electron chi connectivity index (χ3n) is 3.82. The number of carbonyl (C=O) groups excluding carboxylic acids is 1. The van der Waals surface area contributed by atoms with E-state index in [4.69, 9.17) is 0 Å². The molecule has 23 heavy (non-hydrogen) atoms. The molecule has 5 heteroatoms. The van der Waals surface area contributed by atoms with Crippen LogP contribution in [0.4, 0.5) is 0 Å². The van der Waals surface area contributed by atoms with Crippen molar-refractivity contribution in [3.63, 3.8) is 0 Å². The molecule has 0 aliphatic rings. The molecule has 0 bridgehead atoms. The highest BCUT2D eigenvalue weighted by Gasteiger charge is 2.14. The number of amides is 1. The summed E-state index contributed by atoms with van der Waals surface area (Å²) in [6, 6.07) is 7.61. The van der Waals surface area contributed by atoms with Gasteiger partial charge in [-0.2, -0.15) is 10.2 Å². The highest BCUT2D eigenvalue weighted by molar-refractivity contribution is 5.95. The van der Waals surface area contributed by atoms with Crippen molar-refractivity contribution < 1.29 is 4.79 Å². The van der Waals surface area contributed by atoms with Crippen LogP contribution in [0.3, 0.4) is 0 Å². The van der Waals surface area contributed by atoms with Gasteiger partial charge in [-0.15, -0.1) is 0 Å². The lowest BCUT2D eigenvalue weighted by molar-refractivity contribution is 0.0955. The molecular formula is C18H24N4O. The Labute approximate surface area is 137 Å². The van der Waals surface area contributed by atoms with Crippen LogP contribution in [0.25, 0.3) is 0 Å². The number of nitrogens with one attached hydrogen (secondary N) is 1. The van der Waals surface area contributed by atoms with Gasteiger partial charge in [0.2, 0.25) is 0 Å². The monoisotopic (exact) mass is 312 g/mol. The number of hydrogen-bond donors (Lipinski definition) is 1. The predicted octanol–water partition coefficient (Wildman–Crippen LogP) is 3.27. The number of hydrogen-bond acceptors (Lipinski definition) is 3. The summed E-state index contributed by atoms with van der Waals surface area (Å²) in [6.45, 7) is 11.3. The molecule has 0 aliphatic heterocycles. The molecule has 0 unspecified atom stereocenters. The fraction of sp³-hybridized carbons (Fsp3) is 0.389. The number of hydrazone groups is 1. The first-order valence-corrected chi connectivity index (χ1v) is 7.79. The van der Waals surface area contributed by atoms with Gasteiger partial charge in [0, 0.05) is 23.4 Å². The second-order valence-corrected chi connectivity index (χ2v) is 6.53. The van der Waals surface area contributed by atoms with Crippen LogP contribution < -0.4 is 5.43 Å². The zero-order valence-corrected chi connectivity index (χ0v) is 14.4. The Morgan fingerprint density at radius 3 is 2.48 bits per heavy atom. The first-order chi connectivity index (χ1) is 10.8. The molecule has 0 fully saturated rings. The summed E-state index contributed by atoms with van der Waals surface area (Å²) in [5.41, 5.74) is 6.34. The maximum atomic E-state index is 12.1. The van der Waals surface area contributed by atoms with Crippen molar-refractivity contribution in [2.24, 2.45) is 5.10 Å². The minimum atomic E-state index is -0.220. The summed E-state index contributed by atoms with van der Waals surface area (Å²) in [6.07, 6.45) is 3.36. The van der Waals surface area contributed by atoms with Crippen molar-refractivity contribution in [3.8, 4) is 0 Å². The molecule has 2 rings (SSSR count). The lowest BCUT2D eigenvalue weighted by Crippen LogP contribution is -2.18. The van der Waals surface area contributed by atoms with E-state index >= 15 is 0 Å². The molecule has 1 aromatic heterocycles. The maximum Gasteiger partial charge on any atom is 0.271 e. The fourth-order valence-electron chi connectivity index (χ4n) is 2.25. The average molecular weight is 312 g/mol. The van der Waals surface area contributed by atoms with E-state index in [-0.39, 0.29) is 11.3 Å². The zero-order valence-electron chi connectivity index (χ0n) is 14.4. The highest BCUT2D eigenvalue weighted by Crippen LogP contribution is 2.22. The number of rotatable bonds is 4. The first-order valence-electron chi connectivity index (χ1n) is 7.79. The molecule has 1 N–H and O–H groups in total. The van der Waals surface area contributed by atoms with E-state index in [0.29, 0.717) is 5.56 Å². The average Bonchev–Trinajstić information content (AvgIpc) is 2.87. The normalized spacial score (nSPS) is 11.9. The smallest absolute Gasteiger partial charge is 0.269 e. The molecule has 1 heterocycles. The summed E-state index contributed by atoms with van der Waals surface area (Å²) >= 11 is 0. The second kappa shape index (κ2) is 6.77. The summed E-state index contributed by atoms with van der Waals surface area (Å²) in [5.74, 6) is -0.220. The van der Waals surface area contributed by atoms with Gasteiger partial charge in [-0.1, -0.05) is 32.9 Å². The van der Waals surface area contributed by atoms with Gasteiger partial charge in [0.1, 0.15) is 0 Å². The van der Waals surface area contributed by atoms with Gasteiger partial charge in [-0.3, -0.25) is 9.48 Å². The Bertz CT molecular complexity index is 706. The van der Waals surface area contributed by atoms with Crippen LogP contribution in [-0.4, -0.2) is 21.9 Å². The summed E-state index contributed by atoms with van der Waals surface area (Å²) in [7, 11) is 0. The van der Waals surface area contributed by atoms with E-state index in [0.717, 1.165) is 17.8 Å². The van der Waals surface area contributed by atoms with Crippen LogP contribution in [0.15, 0.2) is 35.6 Å². The van der Waals surface area contributed by atoms with E-state index in [9.17, 15) is 4.79 Å². The van der Waals surface area contributed by atoms with Gasteiger partial charge in [-0.05, 0) is 37.0 Å². The van der Waals surface area contributed by atoms with Gasteiger partial charge in [-0.25, -0.2) is 5.43 Å². The van der Waals surface area contributed by atoms with Crippen molar-refractivity contribution in [3.05, 3.63) is 52.8 Å². The topological polar surface area (TPSA) is 59.3 Å². The molecule has 0 aliphatic carbocycles. The Hall–Kier alpha value is -2.43. The summed E-state index contributed by atoms with van der Waals surface area (Å²) in [4.78, 5) is 12.1. The third-order valence-corrected chi connectivity index (χ3v) is 3.82. The Balaban J connectivity index is 2.02. The number of carbonyl (C=O) groups is 1. The van der Waals surface area contributed by atoms with Gasteiger partial charge in [0.05, 0.1) is 12.4 Å². The summed E-state index contributed by atoms with van der Waals surface area (Å²) in [5, 5.41) is 8.26. The van der Waals surface area contributed by atoms with E-state index < -0.39 is 0 Å². The predicted molar refractivity (Wildman–Crippen MR) is 92.8 cm³/mol. The minimum absolute atomic E-state index is 0.0735. The van der Waals surface area contributed by atoms with Crippen LogP contribution in [0.5, 0.6) is 0 Å². The van der Waals surface area contributed by atoms with Crippen molar-refractivity contribution in [1.29, 1.82) is 0 Å². The van der Waals surface area contributed by atoms with Crippen LogP contribution in [-0.2, 0) is 12.0 Å². The molecule has 0 spiro atoms. The lowest BCUT2D eigenvalue weighted by atomic mass is 9.87. The Kier molecular flexibility index (Phi) is 4.98. The van der Waals surface area contributed by atoms with Crippen molar-refractivity contribution in [2.45, 2.75) is 46.6 Å². The molecule has 2 aromatic rings. The maximum absolute atomic E-state index is 12.1. The molecule has 5 nitrogen and oxygen atoms in total. The second-order valence-electron chi connectivity index (χ2n) is 6.53. The van der Waals surface area contributed by atoms with E-state index in [1.807, 2.05) is 42.8 Å². The van der Waals surface area contributed by atoms with Crippen molar-refractivity contribution in [1.82, 2.24) is 15.2 Å². The minimum Gasteiger partial charge on any atom is -0.269 e. The van der Waals surface area contributed by atoms with E-state index in [2.05, 4.69) is 36.4 Å². The molecule has 0 saturated carbocycles. The summed E-state index contributed by atoms with van der Waals surface area (Å²) < 4.78 is 1.88. The van der Waals surface area contributed by atoms with Gasteiger partial charge >= 0.3 is 0 Å². The molecular weight excluding hydrogens is 288 g/mol. The lowest BCUT2D eigenvalue weighted by Gasteiger charge is -2.18. The SMILES string of the molecule is CCn1ncc(C=NNC(=O)c2ccc(C(C)(C)C)cc2)c1C. The molecule has 122 valence electrons. The van der Waals surface area contributed by atoms with Crippen molar-refractivity contribution in [2.75, 3.05) is 0 Å². The number of nitrogens with zero attached hydrogens (tertiary/aromatic N) is 3. The Morgan fingerprint density at radius 1 is 1.30 bits per heavy atom. The standard InChI is InChI=1S/C18H24N4O/c1-6-22-13(2)15(12-20-22)11-19-21-17(23)14-7-9-16(10-8-14)18(3,4)5/h7-12H,6H2,1-5H3,(H,21,23). The third kappa shape index (κ3) is 4.06. The number of aromatic nitrogens is 2. The van der Waals surface area contributed by atoms with Crippen LogP contribution in [0.2, 0.25) is 0 Å². The van der Waals surface area contributed by atoms with E-state index in [1.165, 1.54) is 5.56 Å². The molecule has 0 radical (unpaired) electrons. The largest absolute Gasteiger partial charge is 0.271 e. The zero-order chi connectivity index (χ0) is 17.0. The Morgan fingerprint density at radius 2 is 1.96 bits per heavy atom. The van der Waals surface area contributed by atoms with Crippen LogP contribution in [0, 0.1) is 6.92 Å². The van der Waals surface area contributed by atoms with Gasteiger partial charge in [0.25, 0.3) is 5.91 Å². The van der Waals surface area contributed by atoms with Gasteiger partial charge in [0.15, 0.2) is 0 Å². The molecule has 0 saturated heterocycles. The number of aryl methyl sites for hydroxylation is 1. The van der Waals surface area contributed by atoms with Gasteiger partial charge < -0.3 is 0 Å². The van der Waals surface area contributed by atoms with E-state index in [1.54, 1.807) is 12.4 Å².